The molecule has 0 unspecified atom stereocenters. The molecule has 0 aliphatic rings. The van der Waals surface area contributed by atoms with Gasteiger partial charge in [-0.2, -0.15) is 0 Å². The number of carbonyl (C=O) groups excluding carboxylic acids is 2. The molecule has 0 aliphatic heterocycles. The Bertz CT molecular complexity index is 112. The summed E-state index contributed by atoms with van der Waals surface area (Å²) in [6.45, 7) is 4.96. The Morgan fingerprint density at radius 1 is 1.36 bits per heavy atom. The summed E-state index contributed by atoms with van der Waals surface area (Å²) >= 11 is 0. The van der Waals surface area contributed by atoms with Gasteiger partial charge in [-0.1, -0.05) is 0 Å². The lowest BCUT2D eigenvalue weighted by Gasteiger charge is -1.89. The van der Waals surface area contributed by atoms with Crippen LogP contribution in [0.15, 0.2) is 0 Å². The summed E-state index contributed by atoms with van der Waals surface area (Å²) in [7, 11) is 0. The quantitative estimate of drug-likeness (QED) is 0.602. The largest absolute Gasteiger partial charge is 0.466 e. The molecule has 5 heteroatoms. The van der Waals surface area contributed by atoms with Crippen molar-refractivity contribution in [2.75, 3.05) is 6.61 Å². The molecule has 0 radical (unpaired) electrons. The van der Waals surface area contributed by atoms with Crippen LogP contribution < -0.4 is 5.73 Å². The smallest absolute Gasteiger partial charge is 0.302 e. The summed E-state index contributed by atoms with van der Waals surface area (Å²) in [6.07, 6.45) is 0. The van der Waals surface area contributed by atoms with Crippen LogP contribution in [0.4, 0.5) is 0 Å². The molecule has 0 spiro atoms. The number of hydrogen-bond donors (Lipinski definition) is 1. The molecule has 0 rings (SSSR count). The molecule has 68 valence electrons. The molecule has 0 saturated carbocycles. The van der Waals surface area contributed by atoms with E-state index < -0.39 is 0 Å². The van der Waals surface area contributed by atoms with Gasteiger partial charge in [-0.25, -0.2) is 0 Å². The third-order valence-electron chi connectivity index (χ3n) is 0.348. The van der Waals surface area contributed by atoms with Gasteiger partial charge in [-0.05, 0) is 6.92 Å². The van der Waals surface area contributed by atoms with Gasteiger partial charge in [-0.3, -0.25) is 9.59 Å². The summed E-state index contributed by atoms with van der Waals surface area (Å²) in [5, 5.41) is 0. The van der Waals surface area contributed by atoms with Crippen LogP contribution >= 0.6 is 12.4 Å². The van der Waals surface area contributed by atoms with Crippen molar-refractivity contribution in [3.63, 3.8) is 0 Å². The molecule has 0 saturated heterocycles. The summed E-state index contributed by atoms with van der Waals surface area (Å²) in [5.41, 5.74) is 4.47. The molecule has 0 fully saturated rings. The van der Waals surface area contributed by atoms with E-state index in [0.29, 0.717) is 6.61 Å². The van der Waals surface area contributed by atoms with Gasteiger partial charge >= 0.3 is 5.97 Å². The monoisotopic (exact) mass is 183 g/mol. The first-order valence-corrected chi connectivity index (χ1v) is 2.90. The Labute approximate surface area is 72.5 Å². The van der Waals surface area contributed by atoms with Gasteiger partial charge in [-0.15, -0.1) is 12.4 Å². The Morgan fingerprint density at radius 2 is 1.64 bits per heavy atom. The molecule has 4 nitrogen and oxygen atoms in total. The number of amides is 1. The van der Waals surface area contributed by atoms with Gasteiger partial charge in [0.25, 0.3) is 0 Å². The highest BCUT2D eigenvalue weighted by atomic mass is 35.5. The van der Waals surface area contributed by atoms with Crippen molar-refractivity contribution in [1.82, 2.24) is 0 Å². The van der Waals surface area contributed by atoms with E-state index >= 15 is 0 Å². The van der Waals surface area contributed by atoms with Gasteiger partial charge < -0.3 is 10.5 Å². The number of ether oxygens (including phenoxy) is 1. The fourth-order valence-electron chi connectivity index (χ4n) is 0.203. The van der Waals surface area contributed by atoms with Gasteiger partial charge in [0, 0.05) is 13.8 Å². The van der Waals surface area contributed by atoms with Crippen molar-refractivity contribution < 1.29 is 14.3 Å². The lowest BCUT2D eigenvalue weighted by atomic mass is 10.8. The predicted molar refractivity (Wildman–Crippen MR) is 44.4 cm³/mol. The topological polar surface area (TPSA) is 69.4 Å². The minimum Gasteiger partial charge on any atom is -0.466 e. The molecule has 2 N–H and O–H groups in total. The highest BCUT2D eigenvalue weighted by molar-refractivity contribution is 5.85. The zero-order valence-corrected chi connectivity index (χ0v) is 7.73. The normalized spacial score (nSPS) is 6.45. The maximum Gasteiger partial charge on any atom is 0.302 e. The average molecular weight is 184 g/mol. The van der Waals surface area contributed by atoms with Crippen LogP contribution in [-0.4, -0.2) is 18.5 Å². The fourth-order valence-corrected chi connectivity index (χ4v) is 0.203. The number of esters is 1. The van der Waals surface area contributed by atoms with Crippen LogP contribution in [-0.2, 0) is 14.3 Å². The van der Waals surface area contributed by atoms with E-state index in [1.807, 2.05) is 0 Å². The van der Waals surface area contributed by atoms with Crippen LogP contribution in [0.3, 0.4) is 0 Å². The van der Waals surface area contributed by atoms with Crippen molar-refractivity contribution >= 4 is 24.3 Å². The summed E-state index contributed by atoms with van der Waals surface area (Å²) in [4.78, 5) is 19.0. The number of nitrogens with two attached hydrogens (primary N) is 1. The molecule has 1 amide bonds. The molecule has 0 aromatic rings. The Kier molecular flexibility index (Phi) is 18.1. The molecule has 0 bridgehead atoms. The summed E-state index contributed by atoms with van der Waals surface area (Å²) in [5.74, 6) is -0.544. The SMILES string of the molecule is CC(N)=O.CCOC(C)=O.Cl. The Morgan fingerprint density at radius 3 is 1.64 bits per heavy atom. The third-order valence-corrected chi connectivity index (χ3v) is 0.348. The summed E-state index contributed by atoms with van der Waals surface area (Å²) < 4.78 is 4.40. The molecule has 0 atom stereocenters. The van der Waals surface area contributed by atoms with Crippen molar-refractivity contribution in [1.29, 1.82) is 0 Å². The van der Waals surface area contributed by atoms with Crippen molar-refractivity contribution in [3.05, 3.63) is 0 Å². The number of halogens is 1. The second-order valence-corrected chi connectivity index (χ2v) is 1.54. The van der Waals surface area contributed by atoms with Crippen molar-refractivity contribution in [3.8, 4) is 0 Å². The minimum absolute atomic E-state index is 0. The maximum absolute atomic E-state index is 9.82. The van der Waals surface area contributed by atoms with E-state index in [9.17, 15) is 9.59 Å². The van der Waals surface area contributed by atoms with Gasteiger partial charge in [0.1, 0.15) is 0 Å². The number of carbonyl (C=O) groups is 2. The molecule has 11 heavy (non-hydrogen) atoms. The zero-order valence-electron chi connectivity index (χ0n) is 6.92. The number of primary amides is 1. The van der Waals surface area contributed by atoms with E-state index in [2.05, 4.69) is 10.5 Å². The van der Waals surface area contributed by atoms with Gasteiger partial charge in [0.2, 0.25) is 5.91 Å². The molecular weight excluding hydrogens is 170 g/mol. The van der Waals surface area contributed by atoms with Crippen LogP contribution in [0.2, 0.25) is 0 Å². The van der Waals surface area contributed by atoms with Crippen molar-refractivity contribution in [2.24, 2.45) is 5.73 Å². The lowest BCUT2D eigenvalue weighted by Crippen LogP contribution is -2.01. The van der Waals surface area contributed by atoms with Crippen molar-refractivity contribution in [2.45, 2.75) is 20.8 Å². The van der Waals surface area contributed by atoms with E-state index in [4.69, 9.17) is 0 Å². The molecular formula is C6H14ClNO3. The second kappa shape index (κ2) is 12.0. The van der Waals surface area contributed by atoms with Crippen LogP contribution in [0, 0.1) is 0 Å². The lowest BCUT2D eigenvalue weighted by molar-refractivity contribution is -0.140. The predicted octanol–water partition coefficient (Wildman–Crippen LogP) is 0.483. The minimum atomic E-state index is -0.333. The van der Waals surface area contributed by atoms with E-state index in [-0.39, 0.29) is 24.3 Å². The van der Waals surface area contributed by atoms with E-state index in [1.165, 1.54) is 13.8 Å². The van der Waals surface area contributed by atoms with Crippen LogP contribution in [0.1, 0.15) is 20.8 Å². The van der Waals surface area contributed by atoms with Gasteiger partial charge in [0.05, 0.1) is 6.61 Å². The highest BCUT2D eigenvalue weighted by Crippen LogP contribution is 1.69. The van der Waals surface area contributed by atoms with E-state index in [1.54, 1.807) is 6.92 Å². The first-order valence-electron chi connectivity index (χ1n) is 2.90. The van der Waals surface area contributed by atoms with Crippen LogP contribution in [0.5, 0.6) is 0 Å². The first kappa shape index (κ1) is 16.7. The third kappa shape index (κ3) is 97.0. The highest BCUT2D eigenvalue weighted by Gasteiger charge is 1.81. The van der Waals surface area contributed by atoms with E-state index in [0.717, 1.165) is 0 Å². The second-order valence-electron chi connectivity index (χ2n) is 1.54. The van der Waals surface area contributed by atoms with Crippen LogP contribution in [0.25, 0.3) is 0 Å². The Balaban J connectivity index is -0.000000114. The molecule has 0 aromatic carbocycles. The number of hydrogen-bond acceptors (Lipinski definition) is 3. The first-order chi connectivity index (χ1) is 4.50. The maximum atomic E-state index is 9.82. The fraction of sp³-hybridized carbons (Fsp3) is 0.667. The van der Waals surface area contributed by atoms with Gasteiger partial charge in [0.15, 0.2) is 0 Å². The Hall–Kier alpha value is -0.770. The summed E-state index contributed by atoms with van der Waals surface area (Å²) in [6, 6.07) is 0. The standard InChI is InChI=1S/C4H8O2.C2H5NO.ClH/c1-3-6-4(2)5;1-2(3)4;/h3H2,1-2H3;1H3,(H2,3,4);1H. The molecule has 0 heterocycles. The molecule has 0 aromatic heterocycles. The zero-order chi connectivity index (χ0) is 8.57. The molecule has 0 aliphatic carbocycles. The average Bonchev–Trinajstić information content (AvgIpc) is 1.62. The number of rotatable bonds is 1.